The highest BCUT2D eigenvalue weighted by Gasteiger charge is 2.38. The average molecular weight is 296 g/mol. The summed E-state index contributed by atoms with van der Waals surface area (Å²) in [5, 5.41) is 5.03. The molecule has 1 aliphatic carbocycles. The van der Waals surface area contributed by atoms with Gasteiger partial charge in [0.1, 0.15) is 0 Å². The highest BCUT2D eigenvalue weighted by molar-refractivity contribution is 7.80. The molecule has 1 fully saturated rings. The zero-order chi connectivity index (χ0) is 14.0. The first-order chi connectivity index (χ1) is 8.94. The Morgan fingerprint density at radius 1 is 1.53 bits per heavy atom. The van der Waals surface area contributed by atoms with E-state index in [-0.39, 0.29) is 5.91 Å². The molecule has 1 saturated carbocycles. The SMILES string of the molecule is Cc1ccsc1C(=O)NC1(C(N)=S)CCC(C)CC1. The molecule has 104 valence electrons. The Bertz CT molecular complexity index is 487. The summed E-state index contributed by atoms with van der Waals surface area (Å²) in [6, 6.07) is 1.95. The number of nitrogens with two attached hydrogens (primary N) is 1. The van der Waals surface area contributed by atoms with E-state index in [0.717, 1.165) is 36.1 Å². The second kappa shape index (κ2) is 5.59. The number of hydrogen-bond acceptors (Lipinski definition) is 3. The lowest BCUT2D eigenvalue weighted by molar-refractivity contribution is 0.0904. The molecule has 1 aliphatic rings. The fourth-order valence-electron chi connectivity index (χ4n) is 2.57. The summed E-state index contributed by atoms with van der Waals surface area (Å²) in [4.78, 5) is 13.5. The third kappa shape index (κ3) is 2.98. The number of rotatable bonds is 3. The van der Waals surface area contributed by atoms with E-state index in [1.54, 1.807) is 0 Å². The Morgan fingerprint density at radius 3 is 2.63 bits per heavy atom. The van der Waals surface area contributed by atoms with E-state index >= 15 is 0 Å². The molecule has 0 aromatic carbocycles. The van der Waals surface area contributed by atoms with E-state index in [1.165, 1.54) is 11.3 Å². The molecular formula is C14H20N2OS2. The highest BCUT2D eigenvalue weighted by Crippen LogP contribution is 2.33. The molecule has 0 aliphatic heterocycles. The molecule has 19 heavy (non-hydrogen) atoms. The standard InChI is InChI=1S/C14H20N2OS2/c1-9-3-6-14(7-4-9,13(15)18)16-12(17)11-10(2)5-8-19-11/h5,8-9H,3-4,6-7H2,1-2H3,(H2,15,18)(H,16,17). The molecule has 2 rings (SSSR count). The first kappa shape index (κ1) is 14.5. The van der Waals surface area contributed by atoms with E-state index in [2.05, 4.69) is 12.2 Å². The summed E-state index contributed by atoms with van der Waals surface area (Å²) in [7, 11) is 0. The lowest BCUT2D eigenvalue weighted by atomic mass is 9.77. The summed E-state index contributed by atoms with van der Waals surface area (Å²) < 4.78 is 0. The van der Waals surface area contributed by atoms with E-state index in [9.17, 15) is 4.79 Å². The minimum Gasteiger partial charge on any atom is -0.391 e. The average Bonchev–Trinajstić information content (AvgIpc) is 2.78. The lowest BCUT2D eigenvalue weighted by Crippen LogP contribution is -2.58. The van der Waals surface area contributed by atoms with Crippen molar-refractivity contribution in [1.29, 1.82) is 0 Å². The van der Waals surface area contributed by atoms with Gasteiger partial charge in [0.2, 0.25) is 0 Å². The van der Waals surface area contributed by atoms with Crippen molar-refractivity contribution in [3.63, 3.8) is 0 Å². The summed E-state index contributed by atoms with van der Waals surface area (Å²) in [5.41, 5.74) is 6.42. The van der Waals surface area contributed by atoms with Crippen molar-refractivity contribution in [3.8, 4) is 0 Å². The van der Waals surface area contributed by atoms with Crippen molar-refractivity contribution in [3.05, 3.63) is 21.9 Å². The Balaban J connectivity index is 2.16. The quantitative estimate of drug-likeness (QED) is 0.843. The van der Waals surface area contributed by atoms with Gasteiger partial charge in [-0.3, -0.25) is 4.79 Å². The number of carbonyl (C=O) groups is 1. The predicted octanol–water partition coefficient (Wildman–Crippen LogP) is 3.02. The molecule has 1 aromatic heterocycles. The minimum atomic E-state index is -0.491. The summed E-state index contributed by atoms with van der Waals surface area (Å²) in [5.74, 6) is 0.637. The van der Waals surface area contributed by atoms with Gasteiger partial charge in [-0.1, -0.05) is 19.1 Å². The number of hydrogen-bond donors (Lipinski definition) is 2. The molecule has 0 bridgehead atoms. The molecule has 0 unspecified atom stereocenters. The van der Waals surface area contributed by atoms with Crippen LogP contribution in [0.3, 0.4) is 0 Å². The lowest BCUT2D eigenvalue weighted by Gasteiger charge is -2.39. The summed E-state index contributed by atoms with van der Waals surface area (Å²) >= 11 is 6.67. The van der Waals surface area contributed by atoms with Gasteiger partial charge in [0.15, 0.2) is 0 Å². The summed E-state index contributed by atoms with van der Waals surface area (Å²) in [6.45, 7) is 4.18. The number of thiophene rings is 1. The minimum absolute atomic E-state index is 0.0464. The van der Waals surface area contributed by atoms with Gasteiger partial charge in [0.25, 0.3) is 5.91 Å². The van der Waals surface area contributed by atoms with Gasteiger partial charge in [-0.05, 0) is 55.5 Å². The van der Waals surface area contributed by atoms with Gasteiger partial charge in [-0.25, -0.2) is 0 Å². The fraction of sp³-hybridized carbons (Fsp3) is 0.571. The van der Waals surface area contributed by atoms with Crippen molar-refractivity contribution in [2.75, 3.05) is 0 Å². The Morgan fingerprint density at radius 2 is 2.16 bits per heavy atom. The van der Waals surface area contributed by atoms with Gasteiger partial charge < -0.3 is 11.1 Å². The first-order valence-electron chi connectivity index (χ1n) is 6.61. The van der Waals surface area contributed by atoms with Gasteiger partial charge in [0.05, 0.1) is 15.4 Å². The maximum absolute atomic E-state index is 12.4. The zero-order valence-electron chi connectivity index (χ0n) is 11.4. The van der Waals surface area contributed by atoms with Gasteiger partial charge in [-0.15, -0.1) is 11.3 Å². The van der Waals surface area contributed by atoms with Crippen LogP contribution < -0.4 is 11.1 Å². The largest absolute Gasteiger partial charge is 0.391 e. The molecule has 1 amide bonds. The molecule has 1 heterocycles. The van der Waals surface area contributed by atoms with Crippen LogP contribution in [0.4, 0.5) is 0 Å². The fourth-order valence-corrected chi connectivity index (χ4v) is 3.64. The number of aryl methyl sites for hydroxylation is 1. The molecule has 3 N–H and O–H groups in total. The van der Waals surface area contributed by atoms with Crippen molar-refractivity contribution in [1.82, 2.24) is 5.32 Å². The van der Waals surface area contributed by atoms with E-state index in [4.69, 9.17) is 18.0 Å². The Labute approximate surface area is 123 Å². The van der Waals surface area contributed by atoms with Gasteiger partial charge in [0, 0.05) is 0 Å². The van der Waals surface area contributed by atoms with Crippen LogP contribution in [-0.2, 0) is 0 Å². The Hall–Kier alpha value is -0.940. The van der Waals surface area contributed by atoms with Crippen LogP contribution in [0.2, 0.25) is 0 Å². The number of nitrogens with one attached hydrogen (secondary N) is 1. The van der Waals surface area contributed by atoms with E-state index in [0.29, 0.717) is 10.9 Å². The smallest absolute Gasteiger partial charge is 0.262 e. The molecular weight excluding hydrogens is 276 g/mol. The van der Waals surface area contributed by atoms with Crippen LogP contribution in [0.5, 0.6) is 0 Å². The predicted molar refractivity (Wildman–Crippen MR) is 83.7 cm³/mol. The maximum Gasteiger partial charge on any atom is 0.262 e. The highest BCUT2D eigenvalue weighted by atomic mass is 32.1. The van der Waals surface area contributed by atoms with E-state index < -0.39 is 5.54 Å². The number of amides is 1. The third-order valence-electron chi connectivity index (χ3n) is 4.02. The third-order valence-corrected chi connectivity index (χ3v) is 5.43. The van der Waals surface area contributed by atoms with Crippen LogP contribution in [0.15, 0.2) is 11.4 Å². The molecule has 0 atom stereocenters. The van der Waals surface area contributed by atoms with Crippen LogP contribution in [-0.4, -0.2) is 16.4 Å². The second-order valence-electron chi connectivity index (χ2n) is 5.52. The van der Waals surface area contributed by atoms with Gasteiger partial charge >= 0.3 is 0 Å². The van der Waals surface area contributed by atoms with Crippen molar-refractivity contribution in [2.45, 2.75) is 45.1 Å². The van der Waals surface area contributed by atoms with Crippen LogP contribution >= 0.6 is 23.6 Å². The van der Waals surface area contributed by atoms with Crippen LogP contribution in [0.25, 0.3) is 0 Å². The number of carbonyl (C=O) groups excluding carboxylic acids is 1. The molecule has 1 aromatic rings. The normalized spacial score (nSPS) is 26.9. The molecule has 0 saturated heterocycles. The zero-order valence-corrected chi connectivity index (χ0v) is 13.0. The monoisotopic (exact) mass is 296 g/mol. The van der Waals surface area contributed by atoms with Crippen LogP contribution in [0, 0.1) is 12.8 Å². The Kier molecular flexibility index (Phi) is 4.26. The number of thiocarbonyl (C=S) groups is 1. The molecule has 3 nitrogen and oxygen atoms in total. The van der Waals surface area contributed by atoms with Crippen LogP contribution in [0.1, 0.15) is 47.8 Å². The van der Waals surface area contributed by atoms with Crippen molar-refractivity contribution in [2.24, 2.45) is 11.7 Å². The molecule has 0 radical (unpaired) electrons. The molecule has 0 spiro atoms. The van der Waals surface area contributed by atoms with Crippen molar-refractivity contribution >= 4 is 34.5 Å². The summed E-state index contributed by atoms with van der Waals surface area (Å²) in [6.07, 6.45) is 3.81. The topological polar surface area (TPSA) is 55.1 Å². The maximum atomic E-state index is 12.4. The van der Waals surface area contributed by atoms with Crippen molar-refractivity contribution < 1.29 is 4.79 Å². The second-order valence-corrected chi connectivity index (χ2v) is 6.87. The van der Waals surface area contributed by atoms with E-state index in [1.807, 2.05) is 18.4 Å². The molecule has 5 heteroatoms. The van der Waals surface area contributed by atoms with Gasteiger partial charge in [-0.2, -0.15) is 0 Å². The first-order valence-corrected chi connectivity index (χ1v) is 7.90.